The third-order valence-corrected chi connectivity index (χ3v) is 5.11. The van der Waals surface area contributed by atoms with Crippen LogP contribution in [0.2, 0.25) is 0 Å². The lowest BCUT2D eigenvalue weighted by molar-refractivity contribution is -0.263. The molecule has 0 aromatic heterocycles. The van der Waals surface area contributed by atoms with Gasteiger partial charge in [0.2, 0.25) is 0 Å². The second-order valence-electron chi connectivity index (χ2n) is 3.29. The monoisotopic (exact) mass is 550 g/mol. The molecule has 0 saturated carbocycles. The topological polar surface area (TPSA) is 0 Å². The summed E-state index contributed by atoms with van der Waals surface area (Å²) in [5.41, 5.74) is 0. The fourth-order valence-electron chi connectivity index (χ4n) is 0.750. The Balaban J connectivity index is 6.08. The van der Waals surface area contributed by atoms with Gasteiger partial charge in [-0.1, -0.05) is 11.6 Å². The highest BCUT2D eigenvalue weighted by Gasteiger charge is 2.85. The average Bonchev–Trinajstić information content (AvgIpc) is 2.12. The van der Waals surface area contributed by atoms with Crippen molar-refractivity contribution in [2.45, 2.75) is 30.4 Å². The van der Waals surface area contributed by atoms with Gasteiger partial charge in [-0.05, 0) is 59.4 Å². The minimum absolute atomic E-state index is 1.01. The van der Waals surface area contributed by atoms with Crippen molar-refractivity contribution in [3.63, 3.8) is 0 Å². The molecule has 3 atom stereocenters. The van der Waals surface area contributed by atoms with E-state index in [9.17, 15) is 39.5 Å². The number of hydrogen-bond donors (Lipinski definition) is 0. The van der Waals surface area contributed by atoms with Gasteiger partial charge in [0.25, 0.3) is 4.58 Å². The molecule has 0 aliphatic heterocycles. The van der Waals surface area contributed by atoms with Gasteiger partial charge in [0.1, 0.15) is 0 Å². The largest absolute Gasteiger partial charge is 0.371 e. The standard InChI is InChI=1S/C6Br3Cl2F9/c7-1(12,4(16,17)5(9,10)18)3(14,15)2(8,13)6(11,19)20/t1-,2+,5-/m1/s1. The molecule has 0 heterocycles. The van der Waals surface area contributed by atoms with Gasteiger partial charge in [-0.25, -0.2) is 13.2 Å². The maximum absolute atomic E-state index is 13.6. The van der Waals surface area contributed by atoms with Crippen LogP contribution < -0.4 is 0 Å². The molecule has 0 saturated heterocycles. The first-order chi connectivity index (χ1) is 8.25. The van der Waals surface area contributed by atoms with E-state index >= 15 is 0 Å². The highest BCUT2D eigenvalue weighted by molar-refractivity contribution is 9.11. The van der Waals surface area contributed by atoms with Crippen LogP contribution in [0.25, 0.3) is 0 Å². The van der Waals surface area contributed by atoms with Gasteiger partial charge < -0.3 is 0 Å². The zero-order valence-electron chi connectivity index (χ0n) is 8.29. The molecular formula is C6Br3Cl2F9. The predicted molar refractivity (Wildman–Crippen MR) is 64.8 cm³/mol. The van der Waals surface area contributed by atoms with Crippen molar-refractivity contribution in [2.24, 2.45) is 0 Å². The number of rotatable bonds is 5. The van der Waals surface area contributed by atoms with Crippen LogP contribution in [-0.2, 0) is 0 Å². The highest BCUT2D eigenvalue weighted by atomic mass is 79.9. The first-order valence-electron chi connectivity index (χ1n) is 3.90. The van der Waals surface area contributed by atoms with Gasteiger partial charge in [0.15, 0.2) is 0 Å². The van der Waals surface area contributed by atoms with E-state index in [-0.39, 0.29) is 0 Å². The van der Waals surface area contributed by atoms with Crippen LogP contribution in [0.15, 0.2) is 0 Å². The predicted octanol–water partition coefficient (Wildman–Crippen LogP) is 6.47. The highest BCUT2D eigenvalue weighted by Crippen LogP contribution is 2.64. The summed E-state index contributed by atoms with van der Waals surface area (Å²) in [6, 6.07) is 0. The minimum atomic E-state index is -6.27. The van der Waals surface area contributed by atoms with E-state index in [0.717, 1.165) is 31.9 Å². The van der Waals surface area contributed by atoms with Gasteiger partial charge in [-0.3, -0.25) is 0 Å². The van der Waals surface area contributed by atoms with Gasteiger partial charge in [-0.15, -0.1) is 0 Å². The third kappa shape index (κ3) is 3.05. The first-order valence-corrected chi connectivity index (χ1v) is 7.03. The Kier molecular flexibility index (Phi) is 5.86. The molecule has 0 aromatic rings. The summed E-state index contributed by atoms with van der Waals surface area (Å²) in [6.45, 7) is 0. The van der Waals surface area contributed by atoms with Crippen LogP contribution in [0.3, 0.4) is 0 Å². The average molecular weight is 554 g/mol. The second-order valence-corrected chi connectivity index (χ2v) is 8.02. The SMILES string of the molecule is FC(F)(Cl)[C@](F)(Br)C(F)(F)[C@](F)(Br)C(F)(F)[C@](F)(Cl)Br. The molecule has 0 aliphatic carbocycles. The molecule has 0 spiro atoms. The fraction of sp³-hybridized carbons (Fsp3) is 1.00. The van der Waals surface area contributed by atoms with Crippen LogP contribution in [0, 0.1) is 0 Å². The van der Waals surface area contributed by atoms with Crippen molar-refractivity contribution in [3.8, 4) is 0 Å². The molecule has 0 unspecified atom stereocenters. The third-order valence-electron chi connectivity index (χ3n) is 1.90. The zero-order chi connectivity index (χ0) is 17.0. The molecule has 0 aromatic carbocycles. The van der Waals surface area contributed by atoms with Crippen molar-refractivity contribution in [3.05, 3.63) is 0 Å². The Bertz CT molecular complexity index is 337. The normalized spacial score (nSPS) is 23.7. The van der Waals surface area contributed by atoms with Crippen LogP contribution >= 0.6 is 71.0 Å². The molecule has 0 N–H and O–H groups in total. The molecule has 0 rings (SSSR count). The van der Waals surface area contributed by atoms with E-state index < -0.39 is 30.4 Å². The number of hydrogen-bond acceptors (Lipinski definition) is 0. The van der Waals surface area contributed by atoms with Crippen LogP contribution in [0.4, 0.5) is 39.5 Å². The summed E-state index contributed by atoms with van der Waals surface area (Å²) in [6.07, 6.45) is 0. The molecule has 0 bridgehead atoms. The Labute approximate surface area is 140 Å². The maximum Gasteiger partial charge on any atom is 0.371 e. The molecule has 20 heavy (non-hydrogen) atoms. The lowest BCUT2D eigenvalue weighted by atomic mass is 10.0. The zero-order valence-corrected chi connectivity index (χ0v) is 14.6. The molecule has 0 amide bonds. The quantitative estimate of drug-likeness (QED) is 0.271. The minimum Gasteiger partial charge on any atom is -0.217 e. The van der Waals surface area contributed by atoms with Gasteiger partial charge in [-0.2, -0.15) is 26.3 Å². The van der Waals surface area contributed by atoms with E-state index in [1.165, 1.54) is 15.9 Å². The molecule has 0 nitrogen and oxygen atoms in total. The maximum atomic E-state index is 13.6. The smallest absolute Gasteiger partial charge is 0.217 e. The van der Waals surface area contributed by atoms with Gasteiger partial charge >= 0.3 is 25.8 Å². The van der Waals surface area contributed by atoms with E-state index in [1.54, 1.807) is 0 Å². The van der Waals surface area contributed by atoms with E-state index in [2.05, 4.69) is 23.2 Å². The van der Waals surface area contributed by atoms with Crippen molar-refractivity contribution >= 4 is 71.0 Å². The van der Waals surface area contributed by atoms with E-state index in [0.29, 0.717) is 0 Å². The Hall–Kier alpha value is 1.39. The van der Waals surface area contributed by atoms with Gasteiger partial charge in [0.05, 0.1) is 0 Å². The lowest BCUT2D eigenvalue weighted by Crippen LogP contribution is -2.67. The molecule has 0 radical (unpaired) electrons. The summed E-state index contributed by atoms with van der Waals surface area (Å²) in [5.74, 6) is -12.2. The number of alkyl halides is 14. The molecule has 0 aliphatic rings. The summed E-state index contributed by atoms with van der Waals surface area (Å²) in [4.78, 5) is 0. The Morgan fingerprint density at radius 3 is 1.05 bits per heavy atom. The molecule has 14 heteroatoms. The molecule has 122 valence electrons. The van der Waals surface area contributed by atoms with Crippen LogP contribution in [0.1, 0.15) is 0 Å². The second kappa shape index (κ2) is 5.48. The summed E-state index contributed by atoms with van der Waals surface area (Å²) in [7, 11) is 0. The van der Waals surface area contributed by atoms with Crippen molar-refractivity contribution in [2.75, 3.05) is 0 Å². The molecular weight excluding hydrogens is 554 g/mol. The van der Waals surface area contributed by atoms with Gasteiger partial charge in [0, 0.05) is 0 Å². The summed E-state index contributed by atoms with van der Waals surface area (Å²) >= 11 is 11.7. The summed E-state index contributed by atoms with van der Waals surface area (Å²) in [5, 5.41) is -5.53. The van der Waals surface area contributed by atoms with Crippen molar-refractivity contribution in [1.29, 1.82) is 0 Å². The van der Waals surface area contributed by atoms with E-state index in [4.69, 9.17) is 0 Å². The van der Waals surface area contributed by atoms with Crippen molar-refractivity contribution in [1.82, 2.24) is 0 Å². The Morgan fingerprint density at radius 1 is 0.550 bits per heavy atom. The number of halogens is 14. The van der Waals surface area contributed by atoms with Crippen LogP contribution in [0.5, 0.6) is 0 Å². The first kappa shape index (κ1) is 21.4. The van der Waals surface area contributed by atoms with E-state index in [1.807, 2.05) is 0 Å². The fourth-order valence-corrected chi connectivity index (χ4v) is 2.74. The Morgan fingerprint density at radius 2 is 0.850 bits per heavy atom. The molecule has 0 fully saturated rings. The van der Waals surface area contributed by atoms with Crippen molar-refractivity contribution < 1.29 is 39.5 Å². The summed E-state index contributed by atoms with van der Waals surface area (Å²) < 4.78 is 102. The van der Waals surface area contributed by atoms with Crippen LogP contribution in [-0.4, -0.2) is 30.4 Å². The lowest BCUT2D eigenvalue weighted by Gasteiger charge is -2.42.